The average molecular weight is 303 g/mol. The number of likely N-dealkylation sites (N-methyl/N-ethyl adjacent to an activating group) is 1. The summed E-state index contributed by atoms with van der Waals surface area (Å²) in [6.45, 7) is 8.00. The van der Waals surface area contributed by atoms with Gasteiger partial charge in [0.1, 0.15) is 0 Å². The molecule has 1 aromatic carbocycles. The molecule has 22 heavy (non-hydrogen) atoms. The summed E-state index contributed by atoms with van der Waals surface area (Å²) in [5.41, 5.74) is 2.03. The highest BCUT2D eigenvalue weighted by atomic mass is 16.5. The van der Waals surface area contributed by atoms with Crippen molar-refractivity contribution in [3.63, 3.8) is 0 Å². The molecule has 120 valence electrons. The third-order valence-corrected chi connectivity index (χ3v) is 4.47. The van der Waals surface area contributed by atoms with Crippen LogP contribution in [-0.2, 0) is 11.3 Å². The normalized spacial score (nSPS) is 21.0. The molecule has 0 spiro atoms. The Labute approximate surface area is 132 Å². The number of benzene rings is 1. The second-order valence-electron chi connectivity index (χ2n) is 6.18. The van der Waals surface area contributed by atoms with E-state index in [2.05, 4.69) is 29.0 Å². The molecule has 2 aliphatic rings. The molecule has 0 bridgehead atoms. The van der Waals surface area contributed by atoms with E-state index in [0.29, 0.717) is 0 Å². The zero-order valence-electron chi connectivity index (χ0n) is 13.3. The van der Waals surface area contributed by atoms with Crippen LogP contribution in [0.1, 0.15) is 15.9 Å². The van der Waals surface area contributed by atoms with Crippen molar-refractivity contribution in [2.45, 2.75) is 6.54 Å². The van der Waals surface area contributed by atoms with Crippen molar-refractivity contribution in [2.24, 2.45) is 0 Å². The Morgan fingerprint density at radius 3 is 2.55 bits per heavy atom. The highest BCUT2D eigenvalue weighted by Crippen LogP contribution is 2.13. The molecular formula is C17H25N3O2. The molecular weight excluding hydrogens is 278 g/mol. The molecule has 5 heteroatoms. The zero-order chi connectivity index (χ0) is 15.4. The van der Waals surface area contributed by atoms with Crippen molar-refractivity contribution in [1.82, 2.24) is 14.7 Å². The molecule has 0 atom stereocenters. The predicted molar refractivity (Wildman–Crippen MR) is 85.9 cm³/mol. The van der Waals surface area contributed by atoms with Crippen LogP contribution in [-0.4, -0.2) is 80.1 Å². The maximum Gasteiger partial charge on any atom is 0.253 e. The van der Waals surface area contributed by atoms with Crippen molar-refractivity contribution < 1.29 is 9.53 Å². The van der Waals surface area contributed by atoms with E-state index in [1.807, 2.05) is 17.0 Å². The molecule has 2 aliphatic heterocycles. The van der Waals surface area contributed by atoms with Crippen molar-refractivity contribution in [2.75, 3.05) is 59.5 Å². The molecule has 2 saturated heterocycles. The molecule has 0 saturated carbocycles. The molecule has 0 unspecified atom stereocenters. The monoisotopic (exact) mass is 303 g/mol. The van der Waals surface area contributed by atoms with E-state index in [1.165, 1.54) is 5.56 Å². The summed E-state index contributed by atoms with van der Waals surface area (Å²) in [6.07, 6.45) is 0. The van der Waals surface area contributed by atoms with Gasteiger partial charge in [0.05, 0.1) is 13.2 Å². The summed E-state index contributed by atoms with van der Waals surface area (Å²) in [7, 11) is 2.10. The van der Waals surface area contributed by atoms with Crippen LogP contribution in [0, 0.1) is 0 Å². The van der Waals surface area contributed by atoms with Crippen LogP contribution in [0.25, 0.3) is 0 Å². The standard InChI is InChI=1S/C17H25N3O2/c1-18-5-7-20(8-6-18)17(21)16-4-2-3-15(13-16)14-19-9-11-22-12-10-19/h2-4,13H,5-12,14H2,1H3. The highest BCUT2D eigenvalue weighted by molar-refractivity contribution is 5.94. The van der Waals surface area contributed by atoms with Gasteiger partial charge in [0.15, 0.2) is 0 Å². The van der Waals surface area contributed by atoms with Crippen LogP contribution < -0.4 is 0 Å². The number of rotatable bonds is 3. The van der Waals surface area contributed by atoms with E-state index < -0.39 is 0 Å². The van der Waals surface area contributed by atoms with E-state index in [1.54, 1.807) is 0 Å². The van der Waals surface area contributed by atoms with E-state index in [9.17, 15) is 4.79 Å². The molecule has 2 fully saturated rings. The summed E-state index contributed by atoms with van der Waals surface area (Å²) in [6, 6.07) is 8.09. The largest absolute Gasteiger partial charge is 0.379 e. The molecule has 1 amide bonds. The fraction of sp³-hybridized carbons (Fsp3) is 0.588. The van der Waals surface area contributed by atoms with Gasteiger partial charge in [-0.3, -0.25) is 9.69 Å². The van der Waals surface area contributed by atoms with Crippen molar-refractivity contribution in [3.05, 3.63) is 35.4 Å². The number of amides is 1. The third-order valence-electron chi connectivity index (χ3n) is 4.47. The Kier molecular flexibility index (Phi) is 5.08. The lowest BCUT2D eigenvalue weighted by Gasteiger charge is -2.32. The van der Waals surface area contributed by atoms with Gasteiger partial charge in [0.25, 0.3) is 5.91 Å². The van der Waals surface area contributed by atoms with Gasteiger partial charge < -0.3 is 14.5 Å². The number of hydrogen-bond donors (Lipinski definition) is 0. The first kappa shape index (κ1) is 15.5. The van der Waals surface area contributed by atoms with Gasteiger partial charge in [-0.05, 0) is 24.7 Å². The Balaban J connectivity index is 1.63. The van der Waals surface area contributed by atoms with Gasteiger partial charge in [-0.1, -0.05) is 12.1 Å². The predicted octanol–water partition coefficient (Wildman–Crippen LogP) is 0.906. The molecule has 0 aliphatic carbocycles. The van der Waals surface area contributed by atoms with Crippen LogP contribution in [0.2, 0.25) is 0 Å². The molecule has 0 radical (unpaired) electrons. The summed E-state index contributed by atoms with van der Waals surface area (Å²) in [5.74, 6) is 0.164. The Morgan fingerprint density at radius 2 is 1.82 bits per heavy atom. The van der Waals surface area contributed by atoms with E-state index in [-0.39, 0.29) is 5.91 Å². The quantitative estimate of drug-likeness (QED) is 0.831. The maximum atomic E-state index is 12.6. The number of piperazine rings is 1. The maximum absolute atomic E-state index is 12.6. The van der Waals surface area contributed by atoms with Gasteiger partial charge in [0.2, 0.25) is 0 Å². The molecule has 0 N–H and O–H groups in total. The summed E-state index contributed by atoms with van der Waals surface area (Å²) < 4.78 is 5.38. The summed E-state index contributed by atoms with van der Waals surface area (Å²) in [5, 5.41) is 0. The van der Waals surface area contributed by atoms with Gasteiger partial charge in [-0.2, -0.15) is 0 Å². The third kappa shape index (κ3) is 3.85. The van der Waals surface area contributed by atoms with Crippen molar-refractivity contribution >= 4 is 5.91 Å². The highest BCUT2D eigenvalue weighted by Gasteiger charge is 2.20. The Bertz CT molecular complexity index is 506. The Morgan fingerprint density at radius 1 is 1.09 bits per heavy atom. The fourth-order valence-electron chi connectivity index (χ4n) is 3.01. The number of nitrogens with zero attached hydrogens (tertiary/aromatic N) is 3. The first-order valence-corrected chi connectivity index (χ1v) is 8.09. The number of morpholine rings is 1. The van der Waals surface area contributed by atoms with Gasteiger partial charge in [-0.15, -0.1) is 0 Å². The topological polar surface area (TPSA) is 36.0 Å². The van der Waals surface area contributed by atoms with Gasteiger partial charge >= 0.3 is 0 Å². The number of ether oxygens (including phenoxy) is 1. The molecule has 5 nitrogen and oxygen atoms in total. The van der Waals surface area contributed by atoms with E-state index >= 15 is 0 Å². The number of hydrogen-bond acceptors (Lipinski definition) is 4. The zero-order valence-corrected chi connectivity index (χ0v) is 13.3. The van der Waals surface area contributed by atoms with Crippen LogP contribution in [0.5, 0.6) is 0 Å². The first-order valence-electron chi connectivity index (χ1n) is 8.09. The summed E-state index contributed by atoms with van der Waals surface area (Å²) >= 11 is 0. The van der Waals surface area contributed by atoms with Crippen LogP contribution in [0.4, 0.5) is 0 Å². The minimum Gasteiger partial charge on any atom is -0.379 e. The van der Waals surface area contributed by atoms with Gasteiger partial charge in [-0.25, -0.2) is 0 Å². The molecule has 0 aromatic heterocycles. The summed E-state index contributed by atoms with van der Waals surface area (Å²) in [4.78, 5) is 19.2. The average Bonchev–Trinajstić information content (AvgIpc) is 2.56. The number of carbonyl (C=O) groups excluding carboxylic acids is 1. The molecule has 3 rings (SSSR count). The lowest BCUT2D eigenvalue weighted by atomic mass is 10.1. The molecule has 1 aromatic rings. The SMILES string of the molecule is CN1CCN(C(=O)c2cccc(CN3CCOCC3)c2)CC1. The van der Waals surface area contributed by atoms with Crippen molar-refractivity contribution in [1.29, 1.82) is 0 Å². The lowest BCUT2D eigenvalue weighted by molar-refractivity contribution is 0.0341. The first-order chi connectivity index (χ1) is 10.7. The van der Waals surface area contributed by atoms with Crippen LogP contribution in [0.3, 0.4) is 0 Å². The smallest absolute Gasteiger partial charge is 0.253 e. The second kappa shape index (κ2) is 7.22. The lowest BCUT2D eigenvalue weighted by Crippen LogP contribution is -2.47. The Hall–Kier alpha value is -1.43. The van der Waals surface area contributed by atoms with Crippen molar-refractivity contribution in [3.8, 4) is 0 Å². The van der Waals surface area contributed by atoms with E-state index in [4.69, 9.17) is 4.74 Å². The van der Waals surface area contributed by atoms with Crippen LogP contribution >= 0.6 is 0 Å². The minimum atomic E-state index is 0.164. The molecule has 2 heterocycles. The fourth-order valence-corrected chi connectivity index (χ4v) is 3.01. The second-order valence-corrected chi connectivity index (χ2v) is 6.18. The minimum absolute atomic E-state index is 0.164. The van der Waals surface area contributed by atoms with Gasteiger partial charge in [0, 0.05) is 51.4 Å². The van der Waals surface area contributed by atoms with E-state index in [0.717, 1.165) is 64.6 Å². The van der Waals surface area contributed by atoms with Crippen LogP contribution in [0.15, 0.2) is 24.3 Å². The number of carbonyl (C=O) groups is 1.